The van der Waals surface area contributed by atoms with Crippen LogP contribution in [-0.4, -0.2) is 30.4 Å². The molecule has 0 atom stereocenters. The monoisotopic (exact) mass is 632 g/mol. The number of ether oxygens (including phenoxy) is 2. The molecule has 0 saturated heterocycles. The van der Waals surface area contributed by atoms with E-state index in [9.17, 15) is 4.79 Å². The number of unbranched alkanes of at least 4 members (excludes halogenated alkanes) is 11. The Morgan fingerprint density at radius 1 is 0.900 bits per heavy atom. The molecule has 0 saturated carbocycles. The van der Waals surface area contributed by atoms with E-state index < -0.39 is 0 Å². The standard InChI is InChI=1S/C33H48N2O3S.BrH/c1-4-5-6-7-8-9-10-11-12-13-14-17-22-38-31-21-20-29(23-32(31)37-3)34-33(36)30-19-16-15-18-28(30)25-35-24-27(2)39-26-35;/h15-16,18-21,23-24H,4-14,17,22,25-26H2,1-3H3,(H,34,36);1H. The summed E-state index contributed by atoms with van der Waals surface area (Å²) in [7, 11) is 1.64. The smallest absolute Gasteiger partial charge is 0.256 e. The van der Waals surface area contributed by atoms with Crippen molar-refractivity contribution >= 4 is 40.3 Å². The Kier molecular flexibility index (Phi) is 16.9. The predicted octanol–water partition coefficient (Wildman–Crippen LogP) is 9.97. The summed E-state index contributed by atoms with van der Waals surface area (Å²) in [5.74, 6) is 2.15. The lowest BCUT2D eigenvalue weighted by molar-refractivity contribution is 0.102. The average Bonchev–Trinajstić information content (AvgIpc) is 3.36. The maximum Gasteiger partial charge on any atom is 0.256 e. The summed E-state index contributed by atoms with van der Waals surface area (Å²) in [6, 6.07) is 13.4. The highest BCUT2D eigenvalue weighted by atomic mass is 79.9. The SMILES string of the molecule is Br.CCCCCCCCCCCCCCOc1ccc(NC(=O)c2ccccc2CN2C=C(C)SC2)cc1OC. The lowest BCUT2D eigenvalue weighted by atomic mass is 10.1. The average molecular weight is 634 g/mol. The van der Waals surface area contributed by atoms with E-state index in [1.807, 2.05) is 54.2 Å². The van der Waals surface area contributed by atoms with E-state index >= 15 is 0 Å². The maximum atomic E-state index is 13.1. The van der Waals surface area contributed by atoms with Gasteiger partial charge in [-0.3, -0.25) is 4.79 Å². The van der Waals surface area contributed by atoms with E-state index in [4.69, 9.17) is 9.47 Å². The minimum Gasteiger partial charge on any atom is -0.493 e. The molecule has 2 aromatic carbocycles. The minimum atomic E-state index is -0.120. The molecule has 40 heavy (non-hydrogen) atoms. The van der Waals surface area contributed by atoms with Gasteiger partial charge >= 0.3 is 0 Å². The van der Waals surface area contributed by atoms with Gasteiger partial charge in [0, 0.05) is 30.1 Å². The van der Waals surface area contributed by atoms with Gasteiger partial charge in [0.25, 0.3) is 5.91 Å². The second-order valence-corrected chi connectivity index (χ2v) is 11.7. The first-order chi connectivity index (χ1) is 19.1. The number of nitrogens with zero attached hydrogens (tertiary/aromatic N) is 1. The number of benzene rings is 2. The second kappa shape index (κ2) is 19.9. The Morgan fingerprint density at radius 2 is 1.55 bits per heavy atom. The summed E-state index contributed by atoms with van der Waals surface area (Å²) in [6.45, 7) is 5.77. The molecule has 0 radical (unpaired) electrons. The highest BCUT2D eigenvalue weighted by Gasteiger charge is 2.16. The number of carbonyl (C=O) groups is 1. The van der Waals surface area contributed by atoms with Gasteiger partial charge in [-0.25, -0.2) is 0 Å². The Labute approximate surface area is 257 Å². The summed E-state index contributed by atoms with van der Waals surface area (Å²) in [5, 5.41) is 3.04. The fourth-order valence-electron chi connectivity index (χ4n) is 4.89. The van der Waals surface area contributed by atoms with Crippen LogP contribution in [0.5, 0.6) is 11.5 Å². The molecule has 0 aliphatic carbocycles. The van der Waals surface area contributed by atoms with E-state index in [0.717, 1.165) is 17.9 Å². The van der Waals surface area contributed by atoms with Crippen molar-refractivity contribution in [1.29, 1.82) is 0 Å². The zero-order chi connectivity index (χ0) is 27.7. The molecule has 1 amide bonds. The second-order valence-electron chi connectivity index (χ2n) is 10.5. The van der Waals surface area contributed by atoms with Crippen LogP contribution in [0.2, 0.25) is 0 Å². The Balaban J connectivity index is 0.00000560. The lowest BCUT2D eigenvalue weighted by Crippen LogP contribution is -2.19. The lowest BCUT2D eigenvalue weighted by Gasteiger charge is -2.17. The van der Waals surface area contributed by atoms with Gasteiger partial charge < -0.3 is 19.7 Å². The fraction of sp³-hybridized carbons (Fsp3) is 0.545. The molecule has 0 spiro atoms. The molecular formula is C33H49BrN2O3S. The third kappa shape index (κ3) is 12.2. The Bertz CT molecular complexity index is 1050. The normalized spacial score (nSPS) is 12.6. The number of nitrogens with one attached hydrogen (secondary N) is 1. The van der Waals surface area contributed by atoms with Gasteiger partial charge in [0.15, 0.2) is 11.5 Å². The van der Waals surface area contributed by atoms with E-state index in [0.29, 0.717) is 35.9 Å². The first-order valence-electron chi connectivity index (χ1n) is 14.9. The number of halogens is 1. The number of thioether (sulfide) groups is 1. The molecule has 0 unspecified atom stereocenters. The highest BCUT2D eigenvalue weighted by Crippen LogP contribution is 2.31. The van der Waals surface area contributed by atoms with Crippen LogP contribution in [0, 0.1) is 0 Å². The number of amides is 1. The third-order valence-corrected chi connectivity index (χ3v) is 8.16. The summed E-state index contributed by atoms with van der Waals surface area (Å²) in [6.07, 6.45) is 18.0. The van der Waals surface area contributed by atoms with Crippen LogP contribution in [0.3, 0.4) is 0 Å². The van der Waals surface area contributed by atoms with Crippen molar-refractivity contribution in [3.05, 3.63) is 64.7 Å². The molecule has 0 aromatic heterocycles. The van der Waals surface area contributed by atoms with Crippen molar-refractivity contribution in [1.82, 2.24) is 4.90 Å². The van der Waals surface area contributed by atoms with E-state index in [1.54, 1.807) is 7.11 Å². The number of hydrogen-bond donors (Lipinski definition) is 1. The van der Waals surface area contributed by atoms with E-state index in [1.165, 1.54) is 75.5 Å². The molecule has 1 aliphatic rings. The van der Waals surface area contributed by atoms with Gasteiger partial charge in [0.05, 0.1) is 19.6 Å². The predicted molar refractivity (Wildman–Crippen MR) is 176 cm³/mol. The van der Waals surface area contributed by atoms with Crippen molar-refractivity contribution < 1.29 is 14.3 Å². The zero-order valence-corrected chi connectivity index (χ0v) is 27.2. The van der Waals surface area contributed by atoms with Crippen molar-refractivity contribution in [2.24, 2.45) is 0 Å². The number of allylic oxidation sites excluding steroid dienone is 1. The van der Waals surface area contributed by atoms with Crippen LogP contribution >= 0.6 is 28.7 Å². The Morgan fingerprint density at radius 3 is 2.17 bits per heavy atom. The minimum absolute atomic E-state index is 0. The van der Waals surface area contributed by atoms with Crippen LogP contribution in [0.25, 0.3) is 0 Å². The van der Waals surface area contributed by atoms with Crippen LogP contribution in [0.1, 0.15) is 107 Å². The molecule has 2 aromatic rings. The molecular weight excluding hydrogens is 584 g/mol. The fourth-order valence-corrected chi connectivity index (χ4v) is 5.65. The van der Waals surface area contributed by atoms with Crippen LogP contribution in [-0.2, 0) is 6.54 Å². The molecule has 222 valence electrons. The largest absolute Gasteiger partial charge is 0.493 e. The highest BCUT2D eigenvalue weighted by molar-refractivity contribution is 8.93. The van der Waals surface area contributed by atoms with Gasteiger partial charge in [-0.2, -0.15) is 0 Å². The van der Waals surface area contributed by atoms with Crippen LogP contribution in [0.15, 0.2) is 53.6 Å². The molecule has 0 bridgehead atoms. The summed E-state index contributed by atoms with van der Waals surface area (Å²) < 4.78 is 11.6. The van der Waals surface area contributed by atoms with Crippen LogP contribution in [0.4, 0.5) is 5.69 Å². The molecule has 7 heteroatoms. The van der Waals surface area contributed by atoms with E-state index in [2.05, 4.69) is 30.3 Å². The molecule has 1 N–H and O–H groups in total. The molecule has 5 nitrogen and oxygen atoms in total. The molecule has 1 heterocycles. The first-order valence-corrected chi connectivity index (χ1v) is 15.8. The zero-order valence-electron chi connectivity index (χ0n) is 24.7. The molecule has 1 aliphatic heterocycles. The summed E-state index contributed by atoms with van der Waals surface area (Å²) >= 11 is 1.82. The quantitative estimate of drug-likeness (QED) is 0.156. The van der Waals surface area contributed by atoms with Crippen LogP contribution < -0.4 is 14.8 Å². The van der Waals surface area contributed by atoms with Crippen molar-refractivity contribution in [2.75, 3.05) is 24.9 Å². The topological polar surface area (TPSA) is 50.8 Å². The molecule has 3 rings (SSSR count). The number of hydrogen-bond acceptors (Lipinski definition) is 5. The third-order valence-electron chi connectivity index (χ3n) is 7.13. The van der Waals surface area contributed by atoms with Gasteiger partial charge in [-0.05, 0) is 42.0 Å². The number of rotatable bonds is 19. The number of carbonyl (C=O) groups excluding carboxylic acids is 1. The van der Waals surface area contributed by atoms with Gasteiger partial charge in [-0.15, -0.1) is 28.7 Å². The Hall–Kier alpha value is -2.12. The van der Waals surface area contributed by atoms with Crippen molar-refractivity contribution in [3.63, 3.8) is 0 Å². The number of anilines is 1. The first kappa shape index (κ1) is 34.1. The number of methoxy groups -OCH3 is 1. The maximum absolute atomic E-state index is 13.1. The summed E-state index contributed by atoms with van der Waals surface area (Å²) in [4.78, 5) is 16.7. The van der Waals surface area contributed by atoms with Crippen molar-refractivity contribution in [2.45, 2.75) is 97.4 Å². The van der Waals surface area contributed by atoms with Crippen molar-refractivity contribution in [3.8, 4) is 11.5 Å². The van der Waals surface area contributed by atoms with Gasteiger partial charge in [0.1, 0.15) is 0 Å². The van der Waals surface area contributed by atoms with Gasteiger partial charge in [0.2, 0.25) is 0 Å². The molecule has 0 fully saturated rings. The summed E-state index contributed by atoms with van der Waals surface area (Å²) in [5.41, 5.74) is 2.39. The van der Waals surface area contributed by atoms with Gasteiger partial charge in [-0.1, -0.05) is 95.8 Å². The van der Waals surface area contributed by atoms with E-state index in [-0.39, 0.29) is 22.9 Å².